The van der Waals surface area contributed by atoms with E-state index in [1.807, 2.05) is 0 Å². The molecule has 2 heterocycles. The Balaban J connectivity index is 1.62. The molecule has 1 aromatic heterocycles. The van der Waals surface area contributed by atoms with Crippen molar-refractivity contribution in [2.24, 2.45) is 16.8 Å². The van der Waals surface area contributed by atoms with Crippen LogP contribution >= 0.6 is 0 Å². The number of hydrogen-bond donors (Lipinski definition) is 1. The van der Waals surface area contributed by atoms with Crippen molar-refractivity contribution in [2.45, 2.75) is 40.2 Å². The van der Waals surface area contributed by atoms with E-state index in [0.29, 0.717) is 6.54 Å². The van der Waals surface area contributed by atoms with Crippen LogP contribution in [0.15, 0.2) is 41.9 Å². The summed E-state index contributed by atoms with van der Waals surface area (Å²) in [5, 5.41) is 7.61. The smallest absolute Gasteiger partial charge is 0.194 e. The number of benzene rings is 1. The first-order chi connectivity index (χ1) is 12.7. The van der Waals surface area contributed by atoms with Crippen LogP contribution in [-0.4, -0.2) is 45.3 Å². The molecular weight excluding hydrogens is 324 g/mol. The van der Waals surface area contributed by atoms with Crippen LogP contribution in [0, 0.1) is 11.8 Å². The fraction of sp³-hybridized carbons (Fsp3) is 0.550. The molecule has 1 fully saturated rings. The van der Waals surface area contributed by atoms with Crippen LogP contribution < -0.4 is 5.32 Å². The predicted octanol–water partition coefficient (Wildman–Crippen LogP) is 3.10. The molecule has 6 heteroatoms. The zero-order chi connectivity index (χ0) is 18.4. The van der Waals surface area contributed by atoms with Gasteiger partial charge in [0.2, 0.25) is 0 Å². The first kappa shape index (κ1) is 18.4. The van der Waals surface area contributed by atoms with Gasteiger partial charge in [-0.25, -0.2) is 14.7 Å². The maximum absolute atomic E-state index is 4.87. The molecule has 1 aromatic carbocycles. The average molecular weight is 355 g/mol. The van der Waals surface area contributed by atoms with Gasteiger partial charge in [-0.1, -0.05) is 26.0 Å². The molecule has 0 saturated carbocycles. The van der Waals surface area contributed by atoms with Crippen LogP contribution in [-0.2, 0) is 6.54 Å². The van der Waals surface area contributed by atoms with Gasteiger partial charge in [-0.3, -0.25) is 0 Å². The van der Waals surface area contributed by atoms with E-state index < -0.39 is 0 Å². The zero-order valence-corrected chi connectivity index (χ0v) is 16.1. The van der Waals surface area contributed by atoms with E-state index in [1.54, 1.807) is 17.3 Å². The van der Waals surface area contributed by atoms with Gasteiger partial charge in [0.1, 0.15) is 12.7 Å². The Labute approximate surface area is 156 Å². The number of likely N-dealkylation sites (tertiary alicyclic amines) is 1. The highest BCUT2D eigenvalue weighted by Gasteiger charge is 2.25. The minimum absolute atomic E-state index is 0.686. The van der Waals surface area contributed by atoms with Crippen LogP contribution in [0.25, 0.3) is 5.69 Å². The van der Waals surface area contributed by atoms with Gasteiger partial charge in [-0.05, 0) is 49.3 Å². The lowest BCUT2D eigenvalue weighted by molar-refractivity contribution is 0.403. The molecule has 1 unspecified atom stereocenters. The van der Waals surface area contributed by atoms with E-state index in [-0.39, 0.29) is 0 Å². The maximum Gasteiger partial charge on any atom is 0.194 e. The third kappa shape index (κ3) is 4.84. The molecule has 0 spiro atoms. The van der Waals surface area contributed by atoms with E-state index in [4.69, 9.17) is 4.99 Å². The predicted molar refractivity (Wildman–Crippen MR) is 105 cm³/mol. The molecule has 6 nitrogen and oxygen atoms in total. The van der Waals surface area contributed by atoms with Crippen molar-refractivity contribution < 1.29 is 0 Å². The van der Waals surface area contributed by atoms with E-state index in [0.717, 1.165) is 43.1 Å². The van der Waals surface area contributed by atoms with Crippen molar-refractivity contribution in [3.05, 3.63) is 42.5 Å². The Kier molecular flexibility index (Phi) is 6.26. The lowest BCUT2D eigenvalue weighted by atomic mass is 9.97. The molecule has 1 N–H and O–H groups in total. The summed E-state index contributed by atoms with van der Waals surface area (Å²) in [6.07, 6.45) is 5.83. The molecule has 3 rings (SSSR count). The van der Waals surface area contributed by atoms with E-state index in [9.17, 15) is 0 Å². The third-order valence-corrected chi connectivity index (χ3v) is 4.76. The van der Waals surface area contributed by atoms with Gasteiger partial charge >= 0.3 is 0 Å². The molecular formula is C20H30N6. The van der Waals surface area contributed by atoms with Crippen molar-refractivity contribution in [2.75, 3.05) is 19.6 Å². The summed E-state index contributed by atoms with van der Waals surface area (Å²) in [4.78, 5) is 11.3. The first-order valence-electron chi connectivity index (χ1n) is 9.63. The topological polar surface area (TPSA) is 58.3 Å². The number of aromatic nitrogens is 3. The molecule has 26 heavy (non-hydrogen) atoms. The van der Waals surface area contributed by atoms with Crippen LogP contribution in [0.2, 0.25) is 0 Å². The second-order valence-corrected chi connectivity index (χ2v) is 7.41. The third-order valence-electron chi connectivity index (χ3n) is 4.76. The lowest BCUT2D eigenvalue weighted by Crippen LogP contribution is -2.40. The Morgan fingerprint density at radius 2 is 2.12 bits per heavy atom. The summed E-state index contributed by atoms with van der Waals surface area (Å²) in [6, 6.07) is 8.33. The highest BCUT2D eigenvalue weighted by atomic mass is 15.3. The van der Waals surface area contributed by atoms with Crippen molar-refractivity contribution in [1.29, 1.82) is 0 Å². The minimum Gasteiger partial charge on any atom is -0.357 e. The maximum atomic E-state index is 4.87. The number of rotatable bonds is 6. The number of hydrogen-bond acceptors (Lipinski definition) is 3. The van der Waals surface area contributed by atoms with Gasteiger partial charge in [0.05, 0.1) is 12.2 Å². The highest BCUT2D eigenvalue weighted by molar-refractivity contribution is 5.80. The van der Waals surface area contributed by atoms with Crippen LogP contribution in [0.1, 0.15) is 39.2 Å². The van der Waals surface area contributed by atoms with Crippen LogP contribution in [0.5, 0.6) is 0 Å². The summed E-state index contributed by atoms with van der Waals surface area (Å²) in [6.45, 7) is 10.6. The van der Waals surface area contributed by atoms with Gasteiger partial charge in [-0.2, -0.15) is 5.10 Å². The quantitative estimate of drug-likeness (QED) is 0.640. The van der Waals surface area contributed by atoms with Gasteiger partial charge in [-0.15, -0.1) is 0 Å². The van der Waals surface area contributed by atoms with Crippen molar-refractivity contribution in [3.8, 4) is 5.69 Å². The Bertz CT molecular complexity index is 690. The fourth-order valence-electron chi connectivity index (χ4n) is 3.57. The monoisotopic (exact) mass is 354 g/mol. The molecule has 1 aliphatic rings. The number of nitrogens with zero attached hydrogens (tertiary/aromatic N) is 5. The van der Waals surface area contributed by atoms with Crippen molar-refractivity contribution in [1.82, 2.24) is 25.0 Å². The van der Waals surface area contributed by atoms with E-state index >= 15 is 0 Å². The summed E-state index contributed by atoms with van der Waals surface area (Å²) in [7, 11) is 0. The largest absolute Gasteiger partial charge is 0.357 e. The summed E-state index contributed by atoms with van der Waals surface area (Å²) < 4.78 is 1.76. The summed E-state index contributed by atoms with van der Waals surface area (Å²) >= 11 is 0. The Hall–Kier alpha value is -2.37. The molecule has 140 valence electrons. The van der Waals surface area contributed by atoms with Crippen LogP contribution in [0.4, 0.5) is 0 Å². The van der Waals surface area contributed by atoms with E-state index in [1.165, 1.54) is 18.4 Å². The molecule has 0 amide bonds. The van der Waals surface area contributed by atoms with Crippen molar-refractivity contribution in [3.63, 3.8) is 0 Å². The van der Waals surface area contributed by atoms with Crippen molar-refractivity contribution >= 4 is 5.96 Å². The molecule has 1 aliphatic heterocycles. The second kappa shape index (κ2) is 8.83. The van der Waals surface area contributed by atoms with Gasteiger partial charge in [0, 0.05) is 19.6 Å². The van der Waals surface area contributed by atoms with Gasteiger partial charge in [0.25, 0.3) is 0 Å². The molecule has 1 saturated heterocycles. The molecule has 0 bridgehead atoms. The summed E-state index contributed by atoms with van der Waals surface area (Å²) in [5.41, 5.74) is 2.21. The summed E-state index contributed by atoms with van der Waals surface area (Å²) in [5.74, 6) is 2.60. The molecule has 0 aliphatic carbocycles. The van der Waals surface area contributed by atoms with Gasteiger partial charge in [0.15, 0.2) is 5.96 Å². The number of guanidine groups is 1. The highest BCUT2D eigenvalue weighted by Crippen LogP contribution is 2.23. The van der Waals surface area contributed by atoms with Crippen LogP contribution in [0.3, 0.4) is 0 Å². The first-order valence-corrected chi connectivity index (χ1v) is 9.63. The SMILES string of the molecule is CCNC(=NCc1ccc(-n2cncn2)cc1)N1CCC(CC(C)C)C1. The average Bonchev–Trinajstić information content (AvgIpc) is 3.30. The fourth-order valence-corrected chi connectivity index (χ4v) is 3.57. The van der Waals surface area contributed by atoms with Gasteiger partial charge < -0.3 is 10.2 Å². The number of nitrogens with one attached hydrogen (secondary N) is 1. The zero-order valence-electron chi connectivity index (χ0n) is 16.1. The molecule has 2 aromatic rings. The van der Waals surface area contributed by atoms with E-state index in [2.05, 4.69) is 65.3 Å². The normalized spacial score (nSPS) is 17.9. The lowest BCUT2D eigenvalue weighted by Gasteiger charge is -2.22. The molecule has 1 atom stereocenters. The number of aliphatic imine (C=N–C) groups is 1. The standard InChI is InChI=1S/C20H30N6/c1-4-22-20(25-10-9-18(13-25)11-16(2)3)23-12-17-5-7-19(8-6-17)26-15-21-14-24-26/h5-8,14-16,18H,4,9-13H2,1-3H3,(H,22,23). The second-order valence-electron chi connectivity index (χ2n) is 7.41. The Morgan fingerprint density at radius 3 is 2.77 bits per heavy atom. The Morgan fingerprint density at radius 1 is 1.31 bits per heavy atom. The minimum atomic E-state index is 0.686. The molecule has 0 radical (unpaired) electrons.